The van der Waals surface area contributed by atoms with Crippen LogP contribution in [0.2, 0.25) is 10.0 Å². The number of unbranched alkanes of at least 4 members (excludes halogenated alkanes) is 2. The van der Waals surface area contributed by atoms with Crippen LogP contribution in [-0.2, 0) is 45.2 Å². The van der Waals surface area contributed by atoms with Gasteiger partial charge in [-0.2, -0.15) is 21.4 Å². The normalized spacial score (nSPS) is 17.0. The molecule has 0 unspecified atom stereocenters. The molecule has 3 aromatic carbocycles. The zero-order valence-corrected chi connectivity index (χ0v) is 34.5. The van der Waals surface area contributed by atoms with E-state index in [-0.39, 0.29) is 27.1 Å². The van der Waals surface area contributed by atoms with Crippen LogP contribution in [0.1, 0.15) is 71.4 Å². The quantitative estimate of drug-likeness (QED) is 0.0193. The summed E-state index contributed by atoms with van der Waals surface area (Å²) in [7, 11) is -8.94. The maximum atomic E-state index is 12.7. The van der Waals surface area contributed by atoms with Crippen LogP contribution in [0.15, 0.2) is 87.1 Å². The lowest BCUT2D eigenvalue weighted by Crippen LogP contribution is -2.28. The summed E-state index contributed by atoms with van der Waals surface area (Å²) in [6, 6.07) is 12.4. The molecular weight excluding hydrogens is 816 g/mol. The Labute approximate surface area is 334 Å². The largest absolute Gasteiger partial charge is 0.423 e. The molecule has 296 valence electrons. The molecule has 0 fully saturated rings. The molecule has 0 aromatic heterocycles. The number of rotatable bonds is 15. The van der Waals surface area contributed by atoms with Gasteiger partial charge in [0.2, 0.25) is 5.69 Å². The van der Waals surface area contributed by atoms with E-state index in [0.717, 1.165) is 58.1 Å². The van der Waals surface area contributed by atoms with Gasteiger partial charge in [-0.3, -0.25) is 13.9 Å². The number of halogens is 2. The van der Waals surface area contributed by atoms with Gasteiger partial charge in [-0.1, -0.05) is 48.2 Å². The average Bonchev–Trinajstić information content (AvgIpc) is 3.45. The van der Waals surface area contributed by atoms with Crippen molar-refractivity contribution in [2.75, 3.05) is 18.0 Å². The fourth-order valence-corrected chi connectivity index (χ4v) is 9.18. The number of hydrogen-bond donors (Lipinski definition) is 3. The van der Waals surface area contributed by atoms with E-state index < -0.39 is 41.9 Å². The molecule has 2 heterocycles. The van der Waals surface area contributed by atoms with Gasteiger partial charge in [0.05, 0.1) is 37.3 Å². The number of hydrogen-bond acceptors (Lipinski definition) is 11. The Morgan fingerprint density at radius 3 is 2.18 bits per heavy atom. The van der Waals surface area contributed by atoms with Gasteiger partial charge >= 0.3 is 5.97 Å². The molecule has 18 heteroatoms. The van der Waals surface area contributed by atoms with E-state index >= 15 is 0 Å². The molecule has 0 bridgehead atoms. The number of allylic oxidation sites excluding steroid dienone is 4. The molecule has 3 N–H and O–H groups in total. The Balaban J connectivity index is 1.36. The van der Waals surface area contributed by atoms with Crippen molar-refractivity contribution in [2.24, 2.45) is 0 Å². The molecule has 2 aliphatic rings. The SMILES string of the molecule is CCN1/C(=C\C=C\C2=[N+](CCCCCC(=O)Oc3c(Cl)cc(S(=O)(=O)O)cc3Cl)c3ccc(SOOO)cc3C2(C)C)C(C)(C)c2cc(S(=O)(=O)O)ccc21. The standard InChI is InChI=1S/C37H40Cl2N2O11S3/c1-6-40-30-17-15-24(54(44,45)46)20-27(30)37(4,5)32(40)11-10-12-33-36(2,3)26-19-23(53-52-51-43)14-16-31(26)41(33)18-9-7-8-13-34(42)50-35-28(38)21-25(22-29(35)39)55(47,48)49/h10-12,14-17,19-22H,6-9,13,18H2,1-5H3,(H2-,43,44,45,46,47,48,49)/p+1. The third kappa shape index (κ3) is 9.14. The lowest BCUT2D eigenvalue weighted by molar-refractivity contribution is -0.438. The Morgan fingerprint density at radius 1 is 0.891 bits per heavy atom. The van der Waals surface area contributed by atoms with E-state index in [1.807, 2.05) is 51.1 Å². The van der Waals surface area contributed by atoms with E-state index in [9.17, 15) is 30.7 Å². The maximum Gasteiger partial charge on any atom is 0.311 e. The van der Waals surface area contributed by atoms with Crippen LogP contribution in [0, 0.1) is 0 Å². The summed E-state index contributed by atoms with van der Waals surface area (Å²) >= 11 is 13.0. The summed E-state index contributed by atoms with van der Waals surface area (Å²) in [5, 5.41) is 12.0. The third-order valence-electron chi connectivity index (χ3n) is 9.76. The first-order valence-electron chi connectivity index (χ1n) is 17.1. The molecule has 3 aromatic rings. The molecule has 55 heavy (non-hydrogen) atoms. The van der Waals surface area contributed by atoms with Crippen LogP contribution in [0.25, 0.3) is 0 Å². The van der Waals surface area contributed by atoms with Gasteiger partial charge in [0.15, 0.2) is 11.5 Å². The van der Waals surface area contributed by atoms with E-state index in [2.05, 4.69) is 38.8 Å². The summed E-state index contributed by atoms with van der Waals surface area (Å²) in [6.45, 7) is 11.5. The molecule has 0 aliphatic carbocycles. The monoisotopic (exact) mass is 855 g/mol. The second-order valence-corrected chi connectivity index (χ2v) is 18.4. The van der Waals surface area contributed by atoms with Gasteiger partial charge in [-0.15, -0.1) is 4.33 Å². The first-order valence-corrected chi connectivity index (χ1v) is 21.5. The number of likely N-dealkylation sites (N-methyl/N-ethyl adjacent to an activating group) is 1. The van der Waals surface area contributed by atoms with Gasteiger partial charge in [-0.05, 0) is 87.7 Å². The molecule has 0 saturated carbocycles. The van der Waals surface area contributed by atoms with E-state index in [0.29, 0.717) is 37.2 Å². The van der Waals surface area contributed by atoms with Gasteiger partial charge in [-0.25, -0.2) is 5.26 Å². The van der Waals surface area contributed by atoms with Crippen LogP contribution < -0.4 is 9.64 Å². The van der Waals surface area contributed by atoms with Gasteiger partial charge in [0.25, 0.3) is 20.2 Å². The zero-order valence-electron chi connectivity index (χ0n) is 30.6. The van der Waals surface area contributed by atoms with Crippen molar-refractivity contribution in [3.05, 3.63) is 93.6 Å². The van der Waals surface area contributed by atoms with Crippen molar-refractivity contribution in [3.8, 4) is 5.75 Å². The highest BCUT2D eigenvalue weighted by Crippen LogP contribution is 2.48. The minimum Gasteiger partial charge on any atom is -0.423 e. The second kappa shape index (κ2) is 16.7. The van der Waals surface area contributed by atoms with Crippen molar-refractivity contribution in [1.82, 2.24) is 0 Å². The lowest BCUT2D eigenvalue weighted by atomic mass is 9.81. The van der Waals surface area contributed by atoms with E-state index in [4.69, 9.17) is 33.2 Å². The number of nitrogens with zero attached hydrogens (tertiary/aromatic N) is 2. The van der Waals surface area contributed by atoms with Gasteiger partial charge < -0.3 is 9.64 Å². The van der Waals surface area contributed by atoms with Crippen molar-refractivity contribution >= 4 is 78.5 Å². The lowest BCUT2D eigenvalue weighted by Gasteiger charge is -2.25. The molecule has 13 nitrogen and oxygen atoms in total. The van der Waals surface area contributed by atoms with Gasteiger partial charge in [0, 0.05) is 58.8 Å². The summed E-state index contributed by atoms with van der Waals surface area (Å²) in [4.78, 5) is 14.8. The van der Waals surface area contributed by atoms with Crippen LogP contribution in [-0.4, -0.2) is 60.5 Å². The number of carbonyl (C=O) groups is 1. The Hall–Kier alpha value is -3.29. The summed E-state index contributed by atoms with van der Waals surface area (Å²) in [5.41, 5.74) is 4.56. The van der Waals surface area contributed by atoms with Crippen LogP contribution >= 0.6 is 35.2 Å². The molecule has 5 rings (SSSR count). The number of carbonyl (C=O) groups excluding carboxylic acids is 1. The minimum atomic E-state index is -4.56. The van der Waals surface area contributed by atoms with Crippen molar-refractivity contribution in [3.63, 3.8) is 0 Å². The number of anilines is 1. The highest BCUT2D eigenvalue weighted by molar-refractivity contribution is 7.94. The molecule has 0 radical (unpaired) electrons. The Bertz CT molecular complexity index is 2300. The minimum absolute atomic E-state index is 0.0458. The molecule has 0 spiro atoms. The average molecular weight is 857 g/mol. The summed E-state index contributed by atoms with van der Waals surface area (Å²) < 4.78 is 78.0. The summed E-state index contributed by atoms with van der Waals surface area (Å²) in [5.74, 6) is -0.799. The van der Waals surface area contributed by atoms with Crippen molar-refractivity contribution in [1.29, 1.82) is 0 Å². The van der Waals surface area contributed by atoms with Crippen LogP contribution in [0.5, 0.6) is 5.75 Å². The second-order valence-electron chi connectivity index (χ2n) is 14.0. The Morgan fingerprint density at radius 2 is 1.56 bits per heavy atom. The molecule has 2 aliphatic heterocycles. The van der Waals surface area contributed by atoms with Gasteiger partial charge in [0.1, 0.15) is 6.54 Å². The maximum absolute atomic E-state index is 12.7. The topological polar surface area (TPSA) is 180 Å². The molecule has 0 atom stereocenters. The summed E-state index contributed by atoms with van der Waals surface area (Å²) in [6.07, 6.45) is 7.95. The van der Waals surface area contributed by atoms with Crippen LogP contribution in [0.4, 0.5) is 11.4 Å². The smallest absolute Gasteiger partial charge is 0.311 e. The molecular formula is C37H41Cl2N2O11S3+. The fraction of sp³-hybridized carbons (Fsp3) is 0.351. The van der Waals surface area contributed by atoms with Crippen molar-refractivity contribution in [2.45, 2.75) is 85.8 Å². The molecule has 0 saturated heterocycles. The number of fused-ring (bicyclic) bond motifs is 2. The Kier molecular flexibility index (Phi) is 13.0. The number of ether oxygens (including phenoxy) is 1. The van der Waals surface area contributed by atoms with Crippen LogP contribution in [0.3, 0.4) is 0 Å². The molecule has 0 amide bonds. The number of benzene rings is 3. The third-order valence-corrected chi connectivity index (χ3v) is 12.6. The first-order chi connectivity index (χ1) is 25.7. The highest BCUT2D eigenvalue weighted by atomic mass is 35.5. The highest BCUT2D eigenvalue weighted by Gasteiger charge is 2.45. The van der Waals surface area contributed by atoms with E-state index in [1.165, 1.54) is 12.1 Å². The number of esters is 1. The van der Waals surface area contributed by atoms with Crippen molar-refractivity contribution < 1.29 is 54.7 Å². The fourth-order valence-electron chi connectivity index (χ4n) is 7.05. The van der Waals surface area contributed by atoms with E-state index in [1.54, 1.807) is 6.07 Å². The zero-order chi connectivity index (χ0) is 40.5. The predicted molar refractivity (Wildman–Crippen MR) is 210 cm³/mol. The first kappa shape index (κ1) is 42.8. The predicted octanol–water partition coefficient (Wildman–Crippen LogP) is 8.72.